The van der Waals surface area contributed by atoms with Crippen LogP contribution < -0.4 is 10.1 Å². The van der Waals surface area contributed by atoms with Crippen LogP contribution in [0, 0.1) is 13.8 Å². The number of aryl methyl sites for hydroxylation is 2. The third-order valence-corrected chi connectivity index (χ3v) is 3.98. The van der Waals surface area contributed by atoms with Crippen LogP contribution in [0.3, 0.4) is 0 Å². The number of hydrogen-bond acceptors (Lipinski definition) is 2. The van der Waals surface area contributed by atoms with Gasteiger partial charge in [-0.05, 0) is 61.1 Å². The summed E-state index contributed by atoms with van der Waals surface area (Å²) >= 11 is 0. The second kappa shape index (κ2) is 8.00. The summed E-state index contributed by atoms with van der Waals surface area (Å²) in [6.07, 6.45) is 0.106. The summed E-state index contributed by atoms with van der Waals surface area (Å²) in [7, 11) is 0. The average Bonchev–Trinajstić information content (AvgIpc) is 2.51. The number of amides is 1. The van der Waals surface area contributed by atoms with Crippen molar-refractivity contribution >= 4 is 11.6 Å². The molecule has 0 aliphatic carbocycles. The Morgan fingerprint density at radius 1 is 1.08 bits per heavy atom. The molecule has 24 heavy (non-hydrogen) atoms. The van der Waals surface area contributed by atoms with Gasteiger partial charge in [-0.25, -0.2) is 0 Å². The van der Waals surface area contributed by atoms with Gasteiger partial charge in [0.15, 0.2) is 6.10 Å². The van der Waals surface area contributed by atoms with Gasteiger partial charge >= 0.3 is 0 Å². The summed E-state index contributed by atoms with van der Waals surface area (Å²) in [5.41, 5.74) is 4.25. The van der Waals surface area contributed by atoms with Crippen LogP contribution in [0.15, 0.2) is 42.5 Å². The lowest BCUT2D eigenvalue weighted by Gasteiger charge is -2.20. The van der Waals surface area contributed by atoms with Crippen LogP contribution in [0.1, 0.15) is 49.8 Å². The number of carbonyl (C=O) groups is 1. The highest BCUT2D eigenvalue weighted by atomic mass is 16.5. The molecule has 2 aromatic carbocycles. The first kappa shape index (κ1) is 18.1. The molecule has 1 amide bonds. The Labute approximate surface area is 145 Å². The maximum atomic E-state index is 12.7. The number of benzene rings is 2. The SMILES string of the molecule is CC[C@H](Oc1cc(C)cc(C)c1)C(=O)Nc1ccccc1C(C)C. The van der Waals surface area contributed by atoms with E-state index in [0.29, 0.717) is 12.3 Å². The van der Waals surface area contributed by atoms with E-state index >= 15 is 0 Å². The van der Waals surface area contributed by atoms with Gasteiger partial charge in [0.2, 0.25) is 0 Å². The van der Waals surface area contributed by atoms with Crippen LogP contribution in [-0.2, 0) is 4.79 Å². The van der Waals surface area contributed by atoms with E-state index in [0.717, 1.165) is 28.1 Å². The Hall–Kier alpha value is -2.29. The molecular formula is C21H27NO2. The number of nitrogens with one attached hydrogen (secondary N) is 1. The maximum absolute atomic E-state index is 12.7. The molecule has 3 heteroatoms. The van der Waals surface area contributed by atoms with Gasteiger partial charge in [-0.3, -0.25) is 4.79 Å². The van der Waals surface area contributed by atoms with E-state index in [2.05, 4.69) is 25.2 Å². The van der Waals surface area contributed by atoms with Crippen molar-refractivity contribution in [2.24, 2.45) is 0 Å². The molecule has 0 radical (unpaired) electrons. The molecule has 0 spiro atoms. The van der Waals surface area contributed by atoms with Crippen molar-refractivity contribution in [1.82, 2.24) is 0 Å². The van der Waals surface area contributed by atoms with Crippen LogP contribution in [0.5, 0.6) is 5.75 Å². The van der Waals surface area contributed by atoms with Crippen LogP contribution in [0.2, 0.25) is 0 Å². The Kier molecular flexibility index (Phi) is 6.02. The Balaban J connectivity index is 2.15. The summed E-state index contributed by atoms with van der Waals surface area (Å²) in [5, 5.41) is 3.03. The van der Waals surface area contributed by atoms with Gasteiger partial charge in [0.25, 0.3) is 5.91 Å². The van der Waals surface area contributed by atoms with Gasteiger partial charge in [0.05, 0.1) is 0 Å². The van der Waals surface area contributed by atoms with Crippen molar-refractivity contribution in [2.45, 2.75) is 53.1 Å². The molecule has 0 saturated carbocycles. The highest BCUT2D eigenvalue weighted by Crippen LogP contribution is 2.24. The largest absolute Gasteiger partial charge is 0.481 e. The van der Waals surface area contributed by atoms with Crippen molar-refractivity contribution in [3.8, 4) is 5.75 Å². The molecule has 1 atom stereocenters. The van der Waals surface area contributed by atoms with E-state index in [-0.39, 0.29) is 5.91 Å². The summed E-state index contributed by atoms with van der Waals surface area (Å²) in [6.45, 7) is 10.3. The third-order valence-electron chi connectivity index (χ3n) is 3.98. The number of anilines is 1. The maximum Gasteiger partial charge on any atom is 0.265 e. The van der Waals surface area contributed by atoms with Gasteiger partial charge in [0.1, 0.15) is 5.75 Å². The normalized spacial score (nSPS) is 12.1. The molecule has 128 valence electrons. The minimum Gasteiger partial charge on any atom is -0.481 e. The standard InChI is InChI=1S/C21H27NO2/c1-6-20(24-17-12-15(4)11-16(5)13-17)21(23)22-19-10-8-7-9-18(19)14(2)3/h7-14,20H,6H2,1-5H3,(H,22,23)/t20-/m0/s1. The van der Waals surface area contributed by atoms with Crippen molar-refractivity contribution < 1.29 is 9.53 Å². The fraction of sp³-hybridized carbons (Fsp3) is 0.381. The molecular weight excluding hydrogens is 298 g/mol. The first-order valence-electron chi connectivity index (χ1n) is 8.55. The summed E-state index contributed by atoms with van der Waals surface area (Å²) < 4.78 is 5.95. The molecule has 2 rings (SSSR count). The highest BCUT2D eigenvalue weighted by Gasteiger charge is 2.20. The Morgan fingerprint density at radius 3 is 2.29 bits per heavy atom. The number of carbonyl (C=O) groups excluding carboxylic acids is 1. The number of para-hydroxylation sites is 1. The molecule has 3 nitrogen and oxygen atoms in total. The smallest absolute Gasteiger partial charge is 0.265 e. The summed E-state index contributed by atoms with van der Waals surface area (Å²) in [6, 6.07) is 13.9. The predicted molar refractivity (Wildman–Crippen MR) is 99.8 cm³/mol. The lowest BCUT2D eigenvalue weighted by Crippen LogP contribution is -2.32. The fourth-order valence-corrected chi connectivity index (χ4v) is 2.81. The molecule has 0 aromatic heterocycles. The second-order valence-electron chi connectivity index (χ2n) is 6.57. The molecule has 0 heterocycles. The van der Waals surface area contributed by atoms with Crippen LogP contribution in [0.4, 0.5) is 5.69 Å². The van der Waals surface area contributed by atoms with E-state index in [9.17, 15) is 4.79 Å². The molecule has 0 fully saturated rings. The topological polar surface area (TPSA) is 38.3 Å². The molecule has 0 unspecified atom stereocenters. The fourth-order valence-electron chi connectivity index (χ4n) is 2.81. The molecule has 0 aliphatic heterocycles. The highest BCUT2D eigenvalue weighted by molar-refractivity contribution is 5.95. The van der Waals surface area contributed by atoms with Crippen molar-refractivity contribution in [1.29, 1.82) is 0 Å². The van der Waals surface area contributed by atoms with Gasteiger partial charge in [-0.1, -0.05) is 45.0 Å². The van der Waals surface area contributed by atoms with Crippen LogP contribution in [0.25, 0.3) is 0 Å². The minimum atomic E-state index is -0.508. The predicted octanol–water partition coefficient (Wildman–Crippen LogP) is 5.22. The summed E-state index contributed by atoms with van der Waals surface area (Å²) in [5.74, 6) is 0.985. The van der Waals surface area contributed by atoms with E-state index in [4.69, 9.17) is 4.74 Å². The van der Waals surface area contributed by atoms with Gasteiger partial charge < -0.3 is 10.1 Å². The quantitative estimate of drug-likeness (QED) is 0.790. The zero-order valence-corrected chi connectivity index (χ0v) is 15.2. The average molecular weight is 325 g/mol. The number of rotatable bonds is 6. The molecule has 1 N–H and O–H groups in total. The van der Waals surface area contributed by atoms with Gasteiger partial charge in [-0.2, -0.15) is 0 Å². The van der Waals surface area contributed by atoms with Gasteiger partial charge in [-0.15, -0.1) is 0 Å². The monoisotopic (exact) mass is 325 g/mol. The lowest BCUT2D eigenvalue weighted by atomic mass is 10.0. The van der Waals surface area contributed by atoms with Crippen molar-refractivity contribution in [3.63, 3.8) is 0 Å². The Bertz CT molecular complexity index is 686. The first-order chi connectivity index (χ1) is 11.4. The Morgan fingerprint density at radius 2 is 1.71 bits per heavy atom. The second-order valence-corrected chi connectivity index (χ2v) is 6.57. The zero-order chi connectivity index (χ0) is 17.7. The van der Waals surface area contributed by atoms with Crippen LogP contribution >= 0.6 is 0 Å². The first-order valence-corrected chi connectivity index (χ1v) is 8.55. The molecule has 0 bridgehead atoms. The lowest BCUT2D eigenvalue weighted by molar-refractivity contribution is -0.122. The van der Waals surface area contributed by atoms with Crippen LogP contribution in [-0.4, -0.2) is 12.0 Å². The minimum absolute atomic E-state index is 0.107. The van der Waals surface area contributed by atoms with Crippen molar-refractivity contribution in [3.05, 3.63) is 59.2 Å². The molecule has 0 aliphatic rings. The summed E-state index contributed by atoms with van der Waals surface area (Å²) in [4.78, 5) is 12.7. The molecule has 0 saturated heterocycles. The number of hydrogen-bond donors (Lipinski definition) is 1. The van der Waals surface area contributed by atoms with Crippen molar-refractivity contribution in [2.75, 3.05) is 5.32 Å². The van der Waals surface area contributed by atoms with Gasteiger partial charge in [0, 0.05) is 5.69 Å². The molecule has 2 aromatic rings. The van der Waals surface area contributed by atoms with E-state index in [1.54, 1.807) is 0 Å². The number of ether oxygens (including phenoxy) is 1. The van der Waals surface area contributed by atoms with E-state index < -0.39 is 6.10 Å². The zero-order valence-electron chi connectivity index (χ0n) is 15.2. The van der Waals surface area contributed by atoms with E-state index in [1.807, 2.05) is 57.2 Å². The third kappa shape index (κ3) is 4.60. The van der Waals surface area contributed by atoms with E-state index in [1.165, 1.54) is 0 Å².